The highest BCUT2D eigenvalue weighted by atomic mass is 35.5. The number of carbonyl (C=O) groups excluding carboxylic acids is 3. The van der Waals surface area contributed by atoms with Crippen molar-refractivity contribution in [1.29, 1.82) is 0 Å². The average molecular weight is 520 g/mol. The van der Waals surface area contributed by atoms with Gasteiger partial charge in [-0.25, -0.2) is 4.90 Å². The third kappa shape index (κ3) is 3.27. The van der Waals surface area contributed by atoms with Crippen molar-refractivity contribution in [1.82, 2.24) is 5.01 Å². The molecule has 2 fully saturated rings. The molecule has 7 nitrogen and oxygen atoms in total. The number of halogens is 2. The number of fused-ring (bicyclic) bond motifs is 5. The standard InChI is InChI=1S/C27H19Cl2N3O4/c1-36-17-9-6-14(7-10-17)25(33)24-22-21(23-18-5-3-2-4-15(18)13-30-32(23)24)26(34)31(27(22)35)20-11-8-16(28)12-19(20)29/h2-13,21-24H,1H3/t21-,22+,23-,24-/m1/s1. The summed E-state index contributed by atoms with van der Waals surface area (Å²) in [7, 11) is 1.54. The number of anilines is 1. The Bertz CT molecular complexity index is 1460. The van der Waals surface area contributed by atoms with E-state index in [0.29, 0.717) is 16.3 Å². The normalized spacial score (nSPS) is 24.0. The molecule has 0 saturated carbocycles. The molecule has 0 N–H and O–H groups in total. The van der Waals surface area contributed by atoms with Gasteiger partial charge in [0.15, 0.2) is 5.78 Å². The fourth-order valence-electron chi connectivity index (χ4n) is 5.49. The first-order valence-electron chi connectivity index (χ1n) is 11.3. The molecule has 0 bridgehead atoms. The van der Waals surface area contributed by atoms with Gasteiger partial charge in [0.2, 0.25) is 11.8 Å². The van der Waals surface area contributed by atoms with Crippen molar-refractivity contribution < 1.29 is 19.1 Å². The molecule has 0 radical (unpaired) electrons. The summed E-state index contributed by atoms with van der Waals surface area (Å²) in [5.41, 5.74) is 2.34. The summed E-state index contributed by atoms with van der Waals surface area (Å²) in [6.07, 6.45) is 1.67. The predicted octanol–water partition coefficient (Wildman–Crippen LogP) is 4.76. The average Bonchev–Trinajstić information content (AvgIpc) is 3.36. The van der Waals surface area contributed by atoms with Gasteiger partial charge in [-0.15, -0.1) is 0 Å². The fraction of sp³-hybridized carbons (Fsp3) is 0.185. The molecule has 180 valence electrons. The molecule has 3 aromatic rings. The summed E-state index contributed by atoms with van der Waals surface area (Å²) >= 11 is 12.4. The lowest BCUT2D eigenvalue weighted by Gasteiger charge is -2.33. The molecule has 3 heterocycles. The summed E-state index contributed by atoms with van der Waals surface area (Å²) in [6, 6.07) is 17.3. The lowest BCUT2D eigenvalue weighted by Crippen LogP contribution is -2.44. The van der Waals surface area contributed by atoms with Crippen LogP contribution in [0.15, 0.2) is 71.8 Å². The predicted molar refractivity (Wildman–Crippen MR) is 136 cm³/mol. The van der Waals surface area contributed by atoms with Crippen LogP contribution in [0.2, 0.25) is 10.0 Å². The highest BCUT2D eigenvalue weighted by Crippen LogP contribution is 2.53. The van der Waals surface area contributed by atoms with Crippen molar-refractivity contribution in [3.63, 3.8) is 0 Å². The van der Waals surface area contributed by atoms with Gasteiger partial charge in [-0.2, -0.15) is 5.10 Å². The lowest BCUT2D eigenvalue weighted by molar-refractivity contribution is -0.124. The number of ketones is 1. The van der Waals surface area contributed by atoms with Crippen LogP contribution in [0.3, 0.4) is 0 Å². The van der Waals surface area contributed by atoms with Crippen molar-refractivity contribution in [3.05, 3.63) is 93.5 Å². The van der Waals surface area contributed by atoms with Gasteiger partial charge in [0.25, 0.3) is 0 Å². The van der Waals surface area contributed by atoms with E-state index in [1.165, 1.54) is 6.07 Å². The summed E-state index contributed by atoms with van der Waals surface area (Å²) in [6.45, 7) is 0. The molecule has 3 aromatic carbocycles. The van der Waals surface area contributed by atoms with Gasteiger partial charge >= 0.3 is 0 Å². The number of ether oxygens (including phenoxy) is 1. The highest BCUT2D eigenvalue weighted by molar-refractivity contribution is 6.38. The second kappa shape index (κ2) is 8.47. The minimum Gasteiger partial charge on any atom is -0.497 e. The van der Waals surface area contributed by atoms with E-state index in [4.69, 9.17) is 27.9 Å². The van der Waals surface area contributed by atoms with Gasteiger partial charge in [0.1, 0.15) is 11.8 Å². The van der Waals surface area contributed by atoms with E-state index >= 15 is 0 Å². The zero-order valence-electron chi connectivity index (χ0n) is 19.0. The zero-order chi connectivity index (χ0) is 25.1. The molecule has 0 aliphatic carbocycles. The molecule has 0 unspecified atom stereocenters. The monoisotopic (exact) mass is 519 g/mol. The number of hydrazone groups is 1. The van der Waals surface area contributed by atoms with Crippen LogP contribution in [0.25, 0.3) is 0 Å². The van der Waals surface area contributed by atoms with Gasteiger partial charge < -0.3 is 4.74 Å². The molecule has 2 amide bonds. The largest absolute Gasteiger partial charge is 0.497 e. The zero-order valence-corrected chi connectivity index (χ0v) is 20.5. The van der Waals surface area contributed by atoms with Crippen molar-refractivity contribution >= 4 is 52.7 Å². The Morgan fingerprint density at radius 2 is 1.67 bits per heavy atom. The quantitative estimate of drug-likeness (QED) is 0.366. The van der Waals surface area contributed by atoms with E-state index in [-0.39, 0.29) is 16.5 Å². The third-order valence-corrected chi connectivity index (χ3v) is 7.62. The molecule has 9 heteroatoms. The van der Waals surface area contributed by atoms with Gasteiger partial charge in [0.05, 0.1) is 41.9 Å². The molecule has 0 aromatic heterocycles. The second-order valence-electron chi connectivity index (χ2n) is 8.90. The van der Waals surface area contributed by atoms with E-state index in [9.17, 15) is 14.4 Å². The minimum atomic E-state index is -0.967. The molecule has 3 aliphatic heterocycles. The number of Topliss-reactive ketones (excluding diaryl/α,β-unsaturated/α-hetero) is 1. The fourth-order valence-corrected chi connectivity index (χ4v) is 5.99. The maximum atomic E-state index is 13.9. The van der Waals surface area contributed by atoms with Gasteiger partial charge in [0, 0.05) is 10.6 Å². The molecular formula is C27H19Cl2N3O4. The Morgan fingerprint density at radius 3 is 2.39 bits per heavy atom. The third-order valence-electron chi connectivity index (χ3n) is 7.09. The van der Waals surface area contributed by atoms with Crippen LogP contribution in [-0.4, -0.2) is 42.0 Å². The topological polar surface area (TPSA) is 79.3 Å². The highest BCUT2D eigenvalue weighted by Gasteiger charge is 2.65. The van der Waals surface area contributed by atoms with Crippen molar-refractivity contribution in [2.24, 2.45) is 16.9 Å². The smallest absolute Gasteiger partial charge is 0.240 e. The summed E-state index contributed by atoms with van der Waals surface area (Å²) < 4.78 is 5.21. The van der Waals surface area contributed by atoms with Gasteiger partial charge in [-0.1, -0.05) is 47.5 Å². The maximum absolute atomic E-state index is 13.9. The van der Waals surface area contributed by atoms with E-state index in [2.05, 4.69) is 5.10 Å². The first-order chi connectivity index (χ1) is 17.4. The van der Waals surface area contributed by atoms with Crippen LogP contribution in [-0.2, 0) is 9.59 Å². The van der Waals surface area contributed by atoms with E-state index in [1.807, 2.05) is 24.3 Å². The molecular weight excluding hydrogens is 501 g/mol. The van der Waals surface area contributed by atoms with Crippen molar-refractivity contribution in [2.75, 3.05) is 12.0 Å². The Hall–Kier alpha value is -3.68. The van der Waals surface area contributed by atoms with Crippen LogP contribution in [0.4, 0.5) is 5.69 Å². The van der Waals surface area contributed by atoms with Gasteiger partial charge in [-0.3, -0.25) is 19.4 Å². The number of methoxy groups -OCH3 is 1. The van der Waals surface area contributed by atoms with Crippen LogP contribution in [0, 0.1) is 11.8 Å². The molecule has 2 saturated heterocycles. The van der Waals surface area contributed by atoms with Crippen molar-refractivity contribution in [2.45, 2.75) is 12.1 Å². The Labute approximate surface area is 216 Å². The summed E-state index contributed by atoms with van der Waals surface area (Å²) in [4.78, 5) is 42.8. The summed E-state index contributed by atoms with van der Waals surface area (Å²) in [5.74, 6) is -2.34. The number of amides is 2. The Balaban J connectivity index is 1.49. The number of nitrogens with zero attached hydrogens (tertiary/aromatic N) is 3. The Morgan fingerprint density at radius 1 is 0.944 bits per heavy atom. The Kier molecular flexibility index (Phi) is 5.35. The van der Waals surface area contributed by atoms with Gasteiger partial charge in [-0.05, 0) is 53.6 Å². The molecule has 36 heavy (non-hydrogen) atoms. The SMILES string of the molecule is COc1ccc(C(=O)[C@H]2[C@H]3C(=O)N(c4ccc(Cl)cc4Cl)C(=O)[C@H]3[C@H]3c4ccccc4C=NN32)cc1. The minimum absolute atomic E-state index is 0.182. The second-order valence-corrected chi connectivity index (χ2v) is 9.74. The lowest BCUT2D eigenvalue weighted by atomic mass is 9.83. The number of carbonyl (C=O) groups is 3. The number of hydrogen-bond donors (Lipinski definition) is 0. The molecule has 0 spiro atoms. The van der Waals surface area contributed by atoms with Crippen LogP contribution < -0.4 is 9.64 Å². The van der Waals surface area contributed by atoms with Crippen LogP contribution in [0.1, 0.15) is 27.5 Å². The number of imide groups is 1. The maximum Gasteiger partial charge on any atom is 0.240 e. The molecule has 3 aliphatic rings. The van der Waals surface area contributed by atoms with Crippen molar-refractivity contribution in [3.8, 4) is 5.75 Å². The number of rotatable bonds is 4. The molecule has 4 atom stereocenters. The number of benzene rings is 3. The van der Waals surface area contributed by atoms with Crippen LogP contribution >= 0.6 is 23.2 Å². The first kappa shape index (κ1) is 22.8. The number of hydrogen-bond acceptors (Lipinski definition) is 6. The van der Waals surface area contributed by atoms with E-state index in [1.54, 1.807) is 54.7 Å². The van der Waals surface area contributed by atoms with E-state index < -0.39 is 35.7 Å². The summed E-state index contributed by atoms with van der Waals surface area (Å²) in [5, 5.41) is 6.76. The van der Waals surface area contributed by atoms with E-state index in [0.717, 1.165) is 16.0 Å². The van der Waals surface area contributed by atoms with Crippen LogP contribution in [0.5, 0.6) is 5.75 Å². The first-order valence-corrected chi connectivity index (χ1v) is 12.1. The molecule has 6 rings (SSSR count).